The molecule has 1 fully saturated rings. The van der Waals surface area contributed by atoms with E-state index in [0.717, 1.165) is 13.0 Å². The van der Waals surface area contributed by atoms with Crippen LogP contribution in [0.25, 0.3) is 0 Å². The molecule has 0 saturated heterocycles. The van der Waals surface area contributed by atoms with Crippen LogP contribution < -0.4 is 5.32 Å². The number of hydrogen-bond acceptors (Lipinski definition) is 2. The molecule has 1 aliphatic rings. The third-order valence-corrected chi connectivity index (χ3v) is 5.94. The van der Waals surface area contributed by atoms with Gasteiger partial charge in [-0.2, -0.15) is 0 Å². The van der Waals surface area contributed by atoms with E-state index >= 15 is 0 Å². The van der Waals surface area contributed by atoms with E-state index in [1.54, 1.807) is 0 Å². The fourth-order valence-corrected chi connectivity index (χ4v) is 4.34. The van der Waals surface area contributed by atoms with Gasteiger partial charge in [0, 0.05) is 26.8 Å². The predicted molar refractivity (Wildman–Crippen MR) is 72.2 cm³/mol. The van der Waals surface area contributed by atoms with E-state index in [4.69, 9.17) is 0 Å². The second kappa shape index (κ2) is 5.63. The van der Waals surface area contributed by atoms with Crippen molar-refractivity contribution in [2.75, 3.05) is 6.54 Å². The zero-order valence-electron chi connectivity index (χ0n) is 11.4. The molecule has 1 N–H and O–H groups in total. The Morgan fingerprint density at radius 1 is 1.31 bits per heavy atom. The average Bonchev–Trinajstić information content (AvgIpc) is 2.54. The Kier molecular flexibility index (Phi) is 4.99. The third-order valence-electron chi connectivity index (χ3n) is 3.52. The monoisotopic (exact) mass is 245 g/mol. The van der Waals surface area contributed by atoms with Gasteiger partial charge in [-0.1, -0.05) is 13.8 Å². The number of rotatable bonds is 4. The van der Waals surface area contributed by atoms with Gasteiger partial charge in [-0.3, -0.25) is 4.21 Å². The van der Waals surface area contributed by atoms with Gasteiger partial charge in [0.25, 0.3) is 0 Å². The average molecular weight is 245 g/mol. The highest BCUT2D eigenvalue weighted by Gasteiger charge is 2.39. The fraction of sp³-hybridized carbons (Fsp3) is 1.00. The van der Waals surface area contributed by atoms with Crippen LogP contribution in [-0.4, -0.2) is 26.8 Å². The van der Waals surface area contributed by atoms with Crippen LogP contribution in [0, 0.1) is 5.92 Å². The first-order valence-corrected chi connectivity index (χ1v) is 7.73. The van der Waals surface area contributed by atoms with Crippen molar-refractivity contribution in [1.82, 2.24) is 5.32 Å². The molecule has 96 valence electrons. The summed E-state index contributed by atoms with van der Waals surface area (Å²) in [5.41, 5.74) is 0. The second-order valence-corrected chi connectivity index (χ2v) is 8.37. The Labute approximate surface area is 103 Å². The van der Waals surface area contributed by atoms with E-state index in [-0.39, 0.29) is 4.75 Å². The molecular weight excluding hydrogens is 218 g/mol. The molecule has 1 rings (SSSR count). The minimum absolute atomic E-state index is 0.0709. The van der Waals surface area contributed by atoms with Crippen LogP contribution in [-0.2, 0) is 10.8 Å². The molecule has 4 atom stereocenters. The molecule has 2 nitrogen and oxygen atoms in total. The lowest BCUT2D eigenvalue weighted by Gasteiger charge is -2.27. The van der Waals surface area contributed by atoms with E-state index in [2.05, 4.69) is 39.9 Å². The van der Waals surface area contributed by atoms with Gasteiger partial charge in [-0.25, -0.2) is 0 Å². The highest BCUT2D eigenvalue weighted by Crippen LogP contribution is 2.33. The molecule has 0 radical (unpaired) electrons. The smallest absolute Gasteiger partial charge is 0.0394 e. The van der Waals surface area contributed by atoms with Crippen molar-refractivity contribution in [3.05, 3.63) is 0 Å². The minimum atomic E-state index is -0.709. The number of nitrogens with one attached hydrogen (secondary N) is 1. The summed E-state index contributed by atoms with van der Waals surface area (Å²) < 4.78 is 12.3. The molecular formula is C13H27NOS. The standard InChI is InChI=1S/C13H27NOS/c1-6-9-14-11-7-8-12(10(11)2)16(15)13(3,4)5/h10-12,14H,6-9H2,1-5H3. The summed E-state index contributed by atoms with van der Waals surface area (Å²) in [5.74, 6) is 0.548. The summed E-state index contributed by atoms with van der Waals surface area (Å²) in [4.78, 5) is 0. The third kappa shape index (κ3) is 3.30. The summed E-state index contributed by atoms with van der Waals surface area (Å²) in [7, 11) is -0.709. The zero-order chi connectivity index (χ0) is 12.3. The van der Waals surface area contributed by atoms with Crippen LogP contribution in [0.15, 0.2) is 0 Å². The highest BCUT2D eigenvalue weighted by atomic mass is 32.2. The van der Waals surface area contributed by atoms with Crippen LogP contribution in [0.3, 0.4) is 0 Å². The molecule has 0 amide bonds. The largest absolute Gasteiger partial charge is 0.314 e. The van der Waals surface area contributed by atoms with Gasteiger partial charge < -0.3 is 5.32 Å². The lowest BCUT2D eigenvalue weighted by molar-refractivity contribution is 0.428. The molecule has 0 bridgehead atoms. The van der Waals surface area contributed by atoms with Crippen molar-refractivity contribution in [1.29, 1.82) is 0 Å². The lowest BCUT2D eigenvalue weighted by Crippen LogP contribution is -2.39. The van der Waals surface area contributed by atoms with Crippen LogP contribution >= 0.6 is 0 Å². The molecule has 4 unspecified atom stereocenters. The van der Waals surface area contributed by atoms with E-state index in [1.165, 1.54) is 12.8 Å². The Morgan fingerprint density at radius 2 is 1.94 bits per heavy atom. The maximum Gasteiger partial charge on any atom is 0.0394 e. The minimum Gasteiger partial charge on any atom is -0.314 e. The molecule has 0 spiro atoms. The topological polar surface area (TPSA) is 29.1 Å². The van der Waals surface area contributed by atoms with Gasteiger partial charge in [0.2, 0.25) is 0 Å². The van der Waals surface area contributed by atoms with E-state index in [9.17, 15) is 4.21 Å². The van der Waals surface area contributed by atoms with E-state index < -0.39 is 10.8 Å². The summed E-state index contributed by atoms with van der Waals surface area (Å²) in [5, 5.41) is 3.97. The summed E-state index contributed by atoms with van der Waals surface area (Å²) in [6, 6.07) is 0.580. The van der Waals surface area contributed by atoms with E-state index in [1.807, 2.05) is 0 Å². The van der Waals surface area contributed by atoms with Crippen molar-refractivity contribution in [3.8, 4) is 0 Å². The molecule has 0 aromatic carbocycles. The first-order chi connectivity index (χ1) is 7.38. The molecule has 1 aliphatic carbocycles. The Bertz CT molecular complexity index is 247. The van der Waals surface area contributed by atoms with Gasteiger partial charge >= 0.3 is 0 Å². The fourth-order valence-electron chi connectivity index (χ4n) is 2.50. The van der Waals surface area contributed by atoms with E-state index in [0.29, 0.717) is 17.2 Å². The number of hydrogen-bond donors (Lipinski definition) is 1. The Balaban J connectivity index is 2.57. The maximum absolute atomic E-state index is 12.4. The van der Waals surface area contributed by atoms with Crippen LogP contribution in [0.1, 0.15) is 53.9 Å². The zero-order valence-corrected chi connectivity index (χ0v) is 12.2. The van der Waals surface area contributed by atoms with Crippen LogP contribution in [0.4, 0.5) is 0 Å². The summed E-state index contributed by atoms with van der Waals surface area (Å²) in [6.07, 6.45) is 3.48. The SMILES string of the molecule is CCCNC1CCC(S(=O)C(C)(C)C)C1C. The van der Waals surface area contributed by atoms with Gasteiger partial charge in [0.15, 0.2) is 0 Å². The highest BCUT2D eigenvalue weighted by molar-refractivity contribution is 7.87. The van der Waals surface area contributed by atoms with Crippen LogP contribution in [0.2, 0.25) is 0 Å². The first kappa shape index (κ1) is 14.2. The van der Waals surface area contributed by atoms with Gasteiger partial charge in [0.1, 0.15) is 0 Å². The quantitative estimate of drug-likeness (QED) is 0.825. The molecule has 0 heterocycles. The molecule has 0 aromatic heterocycles. The maximum atomic E-state index is 12.4. The predicted octanol–water partition coefficient (Wildman–Crippen LogP) is 2.70. The normalized spacial score (nSPS) is 32.9. The second-order valence-electron chi connectivity index (χ2n) is 5.95. The molecule has 1 saturated carbocycles. The lowest BCUT2D eigenvalue weighted by atomic mass is 10.1. The van der Waals surface area contributed by atoms with Crippen molar-refractivity contribution in [2.45, 2.75) is 69.9 Å². The van der Waals surface area contributed by atoms with Crippen molar-refractivity contribution in [2.24, 2.45) is 5.92 Å². The Hall–Kier alpha value is 0.110. The molecule has 0 aliphatic heterocycles. The van der Waals surface area contributed by atoms with Crippen molar-refractivity contribution < 1.29 is 4.21 Å². The summed E-state index contributed by atoms with van der Waals surface area (Å²) in [6.45, 7) is 11.8. The van der Waals surface area contributed by atoms with Gasteiger partial charge in [-0.15, -0.1) is 0 Å². The Morgan fingerprint density at radius 3 is 2.44 bits per heavy atom. The molecule has 0 aromatic rings. The van der Waals surface area contributed by atoms with Gasteiger partial charge in [-0.05, 0) is 52.5 Å². The van der Waals surface area contributed by atoms with Crippen molar-refractivity contribution >= 4 is 10.8 Å². The molecule has 16 heavy (non-hydrogen) atoms. The first-order valence-electron chi connectivity index (χ1n) is 6.52. The van der Waals surface area contributed by atoms with Crippen LogP contribution in [0.5, 0.6) is 0 Å². The molecule has 3 heteroatoms. The van der Waals surface area contributed by atoms with Crippen molar-refractivity contribution in [3.63, 3.8) is 0 Å². The van der Waals surface area contributed by atoms with Gasteiger partial charge in [0.05, 0.1) is 0 Å². The summed E-state index contributed by atoms with van der Waals surface area (Å²) >= 11 is 0.